The molecule has 6 atom stereocenters. The molecule has 3 aliphatic rings. The summed E-state index contributed by atoms with van der Waals surface area (Å²) >= 11 is 0. The Hall–Kier alpha value is -3.75. The van der Waals surface area contributed by atoms with Crippen molar-refractivity contribution in [1.82, 2.24) is 9.80 Å². The lowest BCUT2D eigenvalue weighted by Gasteiger charge is -2.39. The second kappa shape index (κ2) is 12.5. The number of carbonyl (C=O) groups is 3. The van der Waals surface area contributed by atoms with Crippen LogP contribution in [0.5, 0.6) is 0 Å². The van der Waals surface area contributed by atoms with Crippen molar-refractivity contribution in [3.63, 3.8) is 0 Å². The molecular weight excluding hydrogens is 542 g/mol. The smallest absolute Gasteiger partial charge is 0.253 e. The summed E-state index contributed by atoms with van der Waals surface area (Å²) in [7, 11) is 0. The van der Waals surface area contributed by atoms with Gasteiger partial charge in [0.2, 0.25) is 11.8 Å². The van der Waals surface area contributed by atoms with Crippen molar-refractivity contribution in [1.29, 1.82) is 0 Å². The van der Waals surface area contributed by atoms with Crippen LogP contribution in [0.4, 0.5) is 5.69 Å². The molecule has 2 aromatic carbocycles. The molecule has 5 rings (SSSR count). The van der Waals surface area contributed by atoms with Crippen molar-refractivity contribution in [3.8, 4) is 0 Å². The Bertz CT molecular complexity index is 1390. The van der Waals surface area contributed by atoms with E-state index in [1.165, 1.54) is 4.90 Å². The van der Waals surface area contributed by atoms with Crippen molar-refractivity contribution in [3.05, 3.63) is 90.5 Å². The zero-order valence-electron chi connectivity index (χ0n) is 25.4. The Kier molecular flexibility index (Phi) is 8.90. The fourth-order valence-electron chi connectivity index (χ4n) is 7.54. The average molecular weight is 586 g/mol. The van der Waals surface area contributed by atoms with E-state index in [1.807, 2.05) is 69.3 Å². The molecule has 8 nitrogen and oxygen atoms in total. The van der Waals surface area contributed by atoms with Crippen molar-refractivity contribution in [2.75, 3.05) is 31.1 Å². The maximum atomic E-state index is 15.0. The second-order valence-electron chi connectivity index (χ2n) is 12.0. The zero-order chi connectivity index (χ0) is 30.9. The van der Waals surface area contributed by atoms with Gasteiger partial charge in [-0.25, -0.2) is 0 Å². The predicted molar refractivity (Wildman–Crippen MR) is 166 cm³/mol. The molecule has 1 N–H and O–H groups in total. The number of fused-ring (bicyclic) bond motifs is 1. The molecule has 0 saturated carbocycles. The number of likely N-dealkylation sites (tertiary alicyclic amines) is 1. The van der Waals surface area contributed by atoms with E-state index < -0.39 is 35.6 Å². The number of aliphatic hydroxyl groups is 1. The normalized spacial score (nSPS) is 26.2. The van der Waals surface area contributed by atoms with Gasteiger partial charge in [0.25, 0.3) is 5.91 Å². The first kappa shape index (κ1) is 30.7. The molecule has 2 aromatic rings. The minimum absolute atomic E-state index is 0.141. The van der Waals surface area contributed by atoms with Crippen LogP contribution in [0.15, 0.2) is 73.8 Å². The summed E-state index contributed by atoms with van der Waals surface area (Å²) in [5.41, 5.74) is 2.17. The fourth-order valence-corrected chi connectivity index (χ4v) is 7.54. The van der Waals surface area contributed by atoms with E-state index in [1.54, 1.807) is 22.0 Å². The number of rotatable bonds is 12. The first-order valence-electron chi connectivity index (χ1n) is 15.3. The maximum Gasteiger partial charge on any atom is 0.253 e. The Morgan fingerprint density at radius 1 is 1.12 bits per heavy atom. The van der Waals surface area contributed by atoms with Crippen LogP contribution in [0.3, 0.4) is 0 Å². The molecule has 3 heterocycles. The number of hydrogen-bond acceptors (Lipinski definition) is 5. The van der Waals surface area contributed by atoms with Crippen LogP contribution in [0, 0.1) is 25.7 Å². The van der Waals surface area contributed by atoms with E-state index >= 15 is 0 Å². The summed E-state index contributed by atoms with van der Waals surface area (Å²) in [6, 6.07) is 13.4. The van der Waals surface area contributed by atoms with Gasteiger partial charge in [-0.15, -0.1) is 13.2 Å². The Labute approximate surface area is 254 Å². The van der Waals surface area contributed by atoms with E-state index in [2.05, 4.69) is 13.2 Å². The average Bonchev–Trinajstić information content (AvgIpc) is 3.65. The highest BCUT2D eigenvalue weighted by Gasteiger charge is 2.75. The summed E-state index contributed by atoms with van der Waals surface area (Å²) < 4.78 is 6.72. The number of aryl methyl sites for hydroxylation is 2. The van der Waals surface area contributed by atoms with Gasteiger partial charge in [-0.05, 0) is 55.9 Å². The Morgan fingerprint density at radius 2 is 1.84 bits per heavy atom. The van der Waals surface area contributed by atoms with Crippen molar-refractivity contribution in [2.45, 2.75) is 63.8 Å². The highest BCUT2D eigenvalue weighted by atomic mass is 16.5. The number of aliphatic hydroxyl groups excluding tert-OH is 1. The van der Waals surface area contributed by atoms with E-state index in [0.717, 1.165) is 23.2 Å². The topological polar surface area (TPSA) is 90.4 Å². The first-order chi connectivity index (χ1) is 20.7. The zero-order valence-corrected chi connectivity index (χ0v) is 25.4. The summed E-state index contributed by atoms with van der Waals surface area (Å²) in [5, 5.41) is 10.8. The molecule has 3 saturated heterocycles. The fraction of sp³-hybridized carbons (Fsp3) is 0.457. The van der Waals surface area contributed by atoms with Crippen LogP contribution < -0.4 is 4.90 Å². The van der Waals surface area contributed by atoms with Crippen LogP contribution in [0.25, 0.3) is 0 Å². The number of hydrogen-bond donors (Lipinski definition) is 1. The molecule has 3 fully saturated rings. The second-order valence-corrected chi connectivity index (χ2v) is 12.0. The molecule has 2 bridgehead atoms. The SMILES string of the molecule is C=CCN(CCC)C(=O)[C@@H]1[C@H]2C(=O)N([C@H](CO)c3ccccc3)C(C(=O)N(CC=C)c3cc(C)ccc3C)C23CC[C@H]1O3. The van der Waals surface area contributed by atoms with Crippen LogP contribution in [-0.2, 0) is 19.1 Å². The molecule has 0 aromatic heterocycles. The largest absolute Gasteiger partial charge is 0.394 e. The predicted octanol–water partition coefficient (Wildman–Crippen LogP) is 4.36. The number of amides is 3. The molecule has 43 heavy (non-hydrogen) atoms. The van der Waals surface area contributed by atoms with Crippen LogP contribution in [-0.4, -0.2) is 76.6 Å². The maximum absolute atomic E-state index is 15.0. The quantitative estimate of drug-likeness (QED) is 0.374. The molecule has 2 unspecified atom stereocenters. The molecule has 3 aliphatic heterocycles. The van der Waals surface area contributed by atoms with Gasteiger partial charge in [0, 0.05) is 25.3 Å². The van der Waals surface area contributed by atoms with Crippen molar-refractivity contribution < 1.29 is 24.2 Å². The summed E-state index contributed by atoms with van der Waals surface area (Å²) in [4.78, 5) is 48.7. The van der Waals surface area contributed by atoms with Crippen molar-refractivity contribution in [2.24, 2.45) is 11.8 Å². The van der Waals surface area contributed by atoms with Gasteiger partial charge in [0.05, 0.1) is 30.6 Å². The van der Waals surface area contributed by atoms with Gasteiger partial charge in [-0.2, -0.15) is 0 Å². The van der Waals surface area contributed by atoms with Crippen LogP contribution in [0.1, 0.15) is 48.9 Å². The lowest BCUT2D eigenvalue weighted by atomic mass is 9.70. The lowest BCUT2D eigenvalue weighted by Crippen LogP contribution is -2.57. The van der Waals surface area contributed by atoms with E-state index in [9.17, 15) is 19.5 Å². The highest BCUT2D eigenvalue weighted by Crippen LogP contribution is 2.60. The van der Waals surface area contributed by atoms with Gasteiger partial charge in [0.1, 0.15) is 11.6 Å². The number of anilines is 1. The number of benzene rings is 2. The molecule has 0 aliphatic carbocycles. The minimum atomic E-state index is -1.19. The highest BCUT2D eigenvalue weighted by molar-refractivity contribution is 6.05. The Balaban J connectivity index is 1.65. The summed E-state index contributed by atoms with van der Waals surface area (Å²) in [5.74, 6) is -2.31. The monoisotopic (exact) mass is 585 g/mol. The lowest BCUT2D eigenvalue weighted by molar-refractivity contribution is -0.147. The third-order valence-electron chi connectivity index (χ3n) is 9.34. The van der Waals surface area contributed by atoms with E-state index in [-0.39, 0.29) is 30.9 Å². The standard InChI is InChI=1S/C35H43N3O5/c1-6-18-36(19-7-2)32(40)29-28-16-17-35(43-28)30(29)33(41)38(27(22-39)25-12-10-9-11-13-25)31(35)34(42)37(20-8-3)26-21-23(4)14-15-24(26)5/h6,8-15,21,27-31,39H,1,3,7,16-20,22H2,2,4-5H3/t27-,28-,29+,30+,31?,35?/m1/s1. The first-order valence-corrected chi connectivity index (χ1v) is 15.3. The van der Waals surface area contributed by atoms with Crippen LogP contribution in [0.2, 0.25) is 0 Å². The van der Waals surface area contributed by atoms with Gasteiger partial charge < -0.3 is 24.5 Å². The third-order valence-corrected chi connectivity index (χ3v) is 9.34. The number of nitrogens with zero attached hydrogens (tertiary/aromatic N) is 3. The molecule has 3 amide bonds. The van der Waals surface area contributed by atoms with Crippen LogP contribution >= 0.6 is 0 Å². The Morgan fingerprint density at radius 3 is 2.49 bits per heavy atom. The molecule has 228 valence electrons. The summed E-state index contributed by atoms with van der Waals surface area (Å²) in [6.45, 7) is 14.4. The number of ether oxygens (including phenoxy) is 1. The van der Waals surface area contributed by atoms with E-state index in [4.69, 9.17) is 4.74 Å². The van der Waals surface area contributed by atoms with Gasteiger partial charge >= 0.3 is 0 Å². The number of carbonyl (C=O) groups excluding carboxylic acids is 3. The molecule has 1 spiro atoms. The molecule has 0 radical (unpaired) electrons. The van der Waals surface area contributed by atoms with Crippen molar-refractivity contribution >= 4 is 23.4 Å². The van der Waals surface area contributed by atoms with Gasteiger partial charge in [-0.3, -0.25) is 14.4 Å². The summed E-state index contributed by atoms with van der Waals surface area (Å²) in [6.07, 6.45) is 4.73. The van der Waals surface area contributed by atoms with Gasteiger partial charge in [-0.1, -0.05) is 61.5 Å². The molecule has 8 heteroatoms. The molecular formula is C35H43N3O5. The minimum Gasteiger partial charge on any atom is -0.394 e. The van der Waals surface area contributed by atoms with Gasteiger partial charge in [0.15, 0.2) is 0 Å². The van der Waals surface area contributed by atoms with E-state index in [0.29, 0.717) is 31.5 Å². The third kappa shape index (κ3) is 5.10.